The monoisotopic (exact) mass is 639 g/mol. The number of nitrogens with zero attached hydrogens (tertiary/aromatic N) is 5. The molecule has 0 unspecified atom stereocenters. The van der Waals surface area contributed by atoms with Gasteiger partial charge in [-0.3, -0.25) is 9.78 Å². The van der Waals surface area contributed by atoms with Crippen LogP contribution in [0.4, 0.5) is 29.2 Å². The molecule has 0 radical (unpaired) electrons. The maximum absolute atomic E-state index is 13.4. The van der Waals surface area contributed by atoms with E-state index in [4.69, 9.17) is 0 Å². The summed E-state index contributed by atoms with van der Waals surface area (Å²) in [6, 6.07) is 17.4. The molecule has 0 aliphatic carbocycles. The van der Waals surface area contributed by atoms with Gasteiger partial charge in [0.1, 0.15) is 22.6 Å². The zero-order valence-corrected chi connectivity index (χ0v) is 25.0. The van der Waals surface area contributed by atoms with Crippen molar-refractivity contribution in [1.82, 2.24) is 29.9 Å². The lowest BCUT2D eigenvalue weighted by Crippen LogP contribution is -2.16. The van der Waals surface area contributed by atoms with Gasteiger partial charge in [-0.15, -0.1) is 0 Å². The number of phenolic OH excluding ortho intramolecular Hbond substituents is 3. The summed E-state index contributed by atoms with van der Waals surface area (Å²) in [5, 5.41) is 36.1. The molecular formula is C30H25N9O6S. The minimum Gasteiger partial charge on any atom is -0.508 e. The predicted molar refractivity (Wildman–Crippen MR) is 170 cm³/mol. The summed E-state index contributed by atoms with van der Waals surface area (Å²) in [7, 11) is -3.99. The largest absolute Gasteiger partial charge is 0.508 e. The fourth-order valence-corrected chi connectivity index (χ4v) is 5.53. The van der Waals surface area contributed by atoms with Crippen molar-refractivity contribution < 1.29 is 23.7 Å². The van der Waals surface area contributed by atoms with E-state index in [2.05, 4.69) is 45.3 Å². The normalized spacial score (nSPS) is 11.3. The maximum Gasteiger partial charge on any atom is 0.264 e. The zero-order valence-electron chi connectivity index (χ0n) is 24.1. The zero-order chi connectivity index (χ0) is 32.6. The van der Waals surface area contributed by atoms with Crippen LogP contribution in [0.3, 0.4) is 0 Å². The van der Waals surface area contributed by atoms with Crippen LogP contribution in [-0.2, 0) is 10.0 Å². The van der Waals surface area contributed by atoms with Crippen LogP contribution in [0.25, 0.3) is 22.3 Å². The van der Waals surface area contributed by atoms with Gasteiger partial charge in [0.2, 0.25) is 17.8 Å². The van der Waals surface area contributed by atoms with Crippen molar-refractivity contribution in [3.8, 4) is 28.5 Å². The SMILES string of the molecule is Cc1cc(C)nc(NS(=O)(=O)c2ccc(Nc3nc4nc(Nc5cccc(O)c5)nc(-c5ccc(O)cc5O)c4c(=O)[nH]3)cc2)n1. The molecule has 15 nitrogen and oxygen atoms in total. The first-order chi connectivity index (χ1) is 21.9. The summed E-state index contributed by atoms with van der Waals surface area (Å²) in [5.41, 5.74) is 1.53. The fraction of sp³-hybridized carbons (Fsp3) is 0.0667. The lowest BCUT2D eigenvalue weighted by Gasteiger charge is -2.12. The topological polar surface area (TPSA) is 228 Å². The number of benzene rings is 3. The van der Waals surface area contributed by atoms with Crippen molar-refractivity contribution >= 4 is 50.3 Å². The van der Waals surface area contributed by atoms with E-state index in [0.29, 0.717) is 22.8 Å². The summed E-state index contributed by atoms with van der Waals surface area (Å²) in [5.74, 6) is -0.589. The molecule has 3 aromatic carbocycles. The molecule has 0 saturated heterocycles. The first-order valence-corrected chi connectivity index (χ1v) is 15.0. The average Bonchev–Trinajstić information content (AvgIpc) is 2.96. The number of rotatable bonds is 8. The lowest BCUT2D eigenvalue weighted by molar-refractivity contribution is 0.452. The van der Waals surface area contributed by atoms with Gasteiger partial charge in [-0.25, -0.2) is 28.1 Å². The Hall–Kier alpha value is -6.29. The van der Waals surface area contributed by atoms with Crippen molar-refractivity contribution in [2.45, 2.75) is 18.7 Å². The smallest absolute Gasteiger partial charge is 0.264 e. The molecule has 0 fully saturated rings. The first-order valence-electron chi connectivity index (χ1n) is 13.6. The van der Waals surface area contributed by atoms with E-state index < -0.39 is 15.6 Å². The van der Waals surface area contributed by atoms with Crippen LogP contribution in [-0.4, -0.2) is 53.6 Å². The van der Waals surface area contributed by atoms with Crippen LogP contribution >= 0.6 is 0 Å². The van der Waals surface area contributed by atoms with E-state index in [9.17, 15) is 28.5 Å². The Bertz CT molecular complexity index is 2270. The third-order valence-corrected chi connectivity index (χ3v) is 7.88. The Morgan fingerprint density at radius 3 is 2.13 bits per heavy atom. The molecule has 46 heavy (non-hydrogen) atoms. The second kappa shape index (κ2) is 11.7. The van der Waals surface area contributed by atoms with E-state index in [1.54, 1.807) is 32.0 Å². The minimum absolute atomic E-state index is 0.000493. The summed E-state index contributed by atoms with van der Waals surface area (Å²) >= 11 is 0. The number of hydrogen-bond acceptors (Lipinski definition) is 13. The minimum atomic E-state index is -3.99. The molecule has 3 aromatic heterocycles. The van der Waals surface area contributed by atoms with Gasteiger partial charge in [0.05, 0.1) is 10.6 Å². The summed E-state index contributed by atoms with van der Waals surface area (Å²) in [6.07, 6.45) is 0. The Balaban J connectivity index is 1.35. The number of hydrogen-bond donors (Lipinski definition) is 7. The Labute approximate surface area is 260 Å². The number of aromatic nitrogens is 6. The Kier molecular flexibility index (Phi) is 7.55. The van der Waals surface area contributed by atoms with Crippen molar-refractivity contribution in [1.29, 1.82) is 0 Å². The molecule has 7 N–H and O–H groups in total. The third-order valence-electron chi connectivity index (χ3n) is 6.54. The van der Waals surface area contributed by atoms with Gasteiger partial charge >= 0.3 is 0 Å². The van der Waals surface area contributed by atoms with Crippen LogP contribution < -0.4 is 20.9 Å². The molecule has 0 aliphatic rings. The molecule has 16 heteroatoms. The van der Waals surface area contributed by atoms with Gasteiger partial charge in [0.25, 0.3) is 15.6 Å². The standard InChI is InChI=1S/C30H25N9O6S/c1-15-12-16(2)32-30(31-15)39-46(44,45)21-9-6-17(7-10-21)33-29-37-26-24(27(43)38-29)25(22-11-8-20(41)14-23(22)42)35-28(36-26)34-18-4-3-5-19(40)13-18/h3-14,40-42H,1-2H3,(H,31,32,39)(H3,33,34,35,36,37,38,43). The third kappa shape index (κ3) is 6.31. The molecule has 0 spiro atoms. The maximum atomic E-state index is 13.4. The fourth-order valence-electron chi connectivity index (χ4n) is 4.59. The van der Waals surface area contributed by atoms with Crippen LogP contribution in [0.15, 0.2) is 82.5 Å². The van der Waals surface area contributed by atoms with Gasteiger partial charge in [-0.1, -0.05) is 6.07 Å². The molecule has 6 aromatic rings. The summed E-state index contributed by atoms with van der Waals surface area (Å²) < 4.78 is 28.2. The molecule has 3 heterocycles. The second-order valence-electron chi connectivity index (χ2n) is 10.1. The molecule has 0 atom stereocenters. The number of sulfonamides is 1. The van der Waals surface area contributed by atoms with Crippen molar-refractivity contribution in [3.63, 3.8) is 0 Å². The lowest BCUT2D eigenvalue weighted by atomic mass is 10.1. The van der Waals surface area contributed by atoms with E-state index in [-0.39, 0.29) is 62.3 Å². The number of anilines is 5. The number of aryl methyl sites for hydroxylation is 2. The highest BCUT2D eigenvalue weighted by Crippen LogP contribution is 2.34. The van der Waals surface area contributed by atoms with E-state index in [0.717, 1.165) is 6.07 Å². The number of fused-ring (bicyclic) bond motifs is 1. The van der Waals surface area contributed by atoms with Crippen molar-refractivity contribution in [2.75, 3.05) is 15.4 Å². The summed E-state index contributed by atoms with van der Waals surface area (Å²) in [4.78, 5) is 37.4. The predicted octanol–water partition coefficient (Wildman–Crippen LogP) is 4.19. The Morgan fingerprint density at radius 2 is 1.43 bits per heavy atom. The second-order valence-corrected chi connectivity index (χ2v) is 11.8. The highest BCUT2D eigenvalue weighted by Gasteiger charge is 2.20. The van der Waals surface area contributed by atoms with Crippen LogP contribution in [0.5, 0.6) is 17.2 Å². The van der Waals surface area contributed by atoms with Gasteiger partial charge in [0.15, 0.2) is 5.65 Å². The molecular weight excluding hydrogens is 614 g/mol. The molecule has 0 bridgehead atoms. The van der Waals surface area contributed by atoms with E-state index in [1.165, 1.54) is 48.5 Å². The van der Waals surface area contributed by atoms with Crippen molar-refractivity contribution in [3.05, 3.63) is 94.5 Å². The van der Waals surface area contributed by atoms with Crippen LogP contribution in [0, 0.1) is 13.8 Å². The quantitative estimate of drug-likeness (QED) is 0.124. The molecule has 0 saturated carbocycles. The van der Waals surface area contributed by atoms with Gasteiger partial charge in [0, 0.05) is 40.5 Å². The first kappa shape index (κ1) is 29.8. The Morgan fingerprint density at radius 1 is 0.717 bits per heavy atom. The van der Waals surface area contributed by atoms with Crippen LogP contribution in [0.2, 0.25) is 0 Å². The molecule has 0 aliphatic heterocycles. The highest BCUT2D eigenvalue weighted by atomic mass is 32.2. The summed E-state index contributed by atoms with van der Waals surface area (Å²) in [6.45, 7) is 3.46. The van der Waals surface area contributed by atoms with Gasteiger partial charge < -0.3 is 26.0 Å². The average molecular weight is 640 g/mol. The molecule has 6 rings (SSSR count). The number of aromatic hydroxyl groups is 3. The number of nitrogens with one attached hydrogen (secondary N) is 4. The number of H-pyrrole nitrogens is 1. The molecule has 232 valence electrons. The van der Waals surface area contributed by atoms with E-state index in [1.807, 2.05) is 0 Å². The van der Waals surface area contributed by atoms with Crippen molar-refractivity contribution in [2.24, 2.45) is 0 Å². The molecule has 0 amide bonds. The van der Waals surface area contributed by atoms with Gasteiger partial charge in [-0.05, 0) is 68.4 Å². The van der Waals surface area contributed by atoms with E-state index >= 15 is 0 Å². The van der Waals surface area contributed by atoms with Crippen LogP contribution in [0.1, 0.15) is 11.4 Å². The number of aromatic amines is 1. The highest BCUT2D eigenvalue weighted by molar-refractivity contribution is 7.92. The van der Waals surface area contributed by atoms with Gasteiger partial charge in [-0.2, -0.15) is 9.97 Å². The number of phenols is 3.